The minimum absolute atomic E-state index is 0.0430. The number of thioether (sulfide) groups is 1. The van der Waals surface area contributed by atoms with Crippen molar-refractivity contribution in [2.24, 2.45) is 0 Å². The summed E-state index contributed by atoms with van der Waals surface area (Å²) in [6, 6.07) is 12.6. The van der Waals surface area contributed by atoms with Crippen molar-refractivity contribution in [2.45, 2.75) is 18.2 Å². The summed E-state index contributed by atoms with van der Waals surface area (Å²) in [5.41, 5.74) is 0.645. The molecule has 1 N–H and O–H groups in total. The van der Waals surface area contributed by atoms with Crippen LogP contribution in [0.4, 0.5) is 10.5 Å². The number of rotatable bonds is 3. The summed E-state index contributed by atoms with van der Waals surface area (Å²) in [4.78, 5) is 26.1. The Hall–Kier alpha value is -2.01. The van der Waals surface area contributed by atoms with Crippen LogP contribution in [0.2, 0.25) is 0 Å². The van der Waals surface area contributed by atoms with Crippen LogP contribution in [0.25, 0.3) is 10.8 Å². The van der Waals surface area contributed by atoms with Gasteiger partial charge in [-0.25, -0.2) is 9.69 Å². The number of imide groups is 1. The van der Waals surface area contributed by atoms with Gasteiger partial charge in [-0.05, 0) is 17.7 Å². The van der Waals surface area contributed by atoms with Crippen molar-refractivity contribution in [3.63, 3.8) is 0 Å². The average Bonchev–Trinajstić information content (AvgIpc) is 2.81. The Bertz CT molecular complexity index is 711. The zero-order valence-electron chi connectivity index (χ0n) is 11.9. The van der Waals surface area contributed by atoms with Gasteiger partial charge < -0.3 is 5.32 Å². The molecule has 0 saturated carbocycles. The van der Waals surface area contributed by atoms with E-state index >= 15 is 0 Å². The molecule has 1 aliphatic rings. The highest BCUT2D eigenvalue weighted by atomic mass is 32.2. The monoisotopic (exact) mass is 300 g/mol. The number of urea groups is 1. The van der Waals surface area contributed by atoms with Gasteiger partial charge in [0.1, 0.15) is 6.04 Å². The molecule has 1 fully saturated rings. The van der Waals surface area contributed by atoms with Crippen molar-refractivity contribution < 1.29 is 9.59 Å². The Morgan fingerprint density at radius 3 is 2.62 bits per heavy atom. The molecule has 2 unspecified atom stereocenters. The molecular weight excluding hydrogens is 284 g/mol. The van der Waals surface area contributed by atoms with Crippen LogP contribution >= 0.6 is 11.8 Å². The van der Waals surface area contributed by atoms with E-state index in [1.165, 1.54) is 4.90 Å². The predicted molar refractivity (Wildman–Crippen MR) is 86.7 cm³/mol. The molecule has 5 heteroatoms. The van der Waals surface area contributed by atoms with Crippen LogP contribution in [0.3, 0.4) is 0 Å². The van der Waals surface area contributed by atoms with Crippen molar-refractivity contribution in [1.82, 2.24) is 5.32 Å². The number of hydrogen-bond donors (Lipinski definition) is 1. The van der Waals surface area contributed by atoms with Crippen molar-refractivity contribution in [3.8, 4) is 0 Å². The smallest absolute Gasteiger partial charge is 0.324 e. The van der Waals surface area contributed by atoms with Crippen LogP contribution in [0.15, 0.2) is 42.5 Å². The second-order valence-corrected chi connectivity index (χ2v) is 6.25. The molecular formula is C16H16N2O2S. The Balaban J connectivity index is 2.07. The van der Waals surface area contributed by atoms with Gasteiger partial charge in [0, 0.05) is 10.6 Å². The fourth-order valence-corrected chi connectivity index (χ4v) is 3.04. The molecule has 0 spiro atoms. The fourth-order valence-electron chi connectivity index (χ4n) is 2.58. The van der Waals surface area contributed by atoms with Gasteiger partial charge in [0.15, 0.2) is 0 Å². The Morgan fingerprint density at radius 2 is 1.86 bits per heavy atom. The van der Waals surface area contributed by atoms with E-state index in [2.05, 4.69) is 5.32 Å². The number of fused-ring (bicyclic) bond motifs is 1. The topological polar surface area (TPSA) is 49.4 Å². The predicted octanol–water partition coefficient (Wildman–Crippen LogP) is 3.02. The van der Waals surface area contributed by atoms with Crippen LogP contribution in [-0.2, 0) is 4.79 Å². The first-order chi connectivity index (χ1) is 10.1. The molecule has 21 heavy (non-hydrogen) atoms. The van der Waals surface area contributed by atoms with E-state index in [0.29, 0.717) is 5.69 Å². The van der Waals surface area contributed by atoms with Gasteiger partial charge in [0.2, 0.25) is 0 Å². The Kier molecular flexibility index (Phi) is 3.59. The molecule has 0 bridgehead atoms. The maximum atomic E-state index is 12.6. The lowest BCUT2D eigenvalue weighted by molar-refractivity contribution is -0.118. The number of carbonyl (C=O) groups is 2. The highest BCUT2D eigenvalue weighted by Gasteiger charge is 2.42. The number of benzene rings is 2. The average molecular weight is 300 g/mol. The highest BCUT2D eigenvalue weighted by molar-refractivity contribution is 7.99. The van der Waals surface area contributed by atoms with Gasteiger partial charge in [0.25, 0.3) is 5.91 Å². The molecule has 2 aromatic rings. The van der Waals surface area contributed by atoms with Crippen molar-refractivity contribution >= 4 is 40.2 Å². The lowest BCUT2D eigenvalue weighted by Gasteiger charge is -2.17. The molecule has 0 radical (unpaired) electrons. The third-order valence-electron chi connectivity index (χ3n) is 3.82. The van der Waals surface area contributed by atoms with E-state index < -0.39 is 6.04 Å². The summed E-state index contributed by atoms with van der Waals surface area (Å²) < 4.78 is 0. The van der Waals surface area contributed by atoms with Crippen LogP contribution < -0.4 is 10.2 Å². The van der Waals surface area contributed by atoms with Crippen molar-refractivity contribution in [3.05, 3.63) is 42.5 Å². The van der Waals surface area contributed by atoms with Gasteiger partial charge in [0.05, 0.1) is 5.69 Å². The summed E-state index contributed by atoms with van der Waals surface area (Å²) in [5.74, 6) is -0.182. The molecule has 2 atom stereocenters. The number of amides is 3. The number of anilines is 1. The van der Waals surface area contributed by atoms with Gasteiger partial charge in [-0.15, -0.1) is 0 Å². The fraction of sp³-hybridized carbons (Fsp3) is 0.250. The molecule has 3 rings (SSSR count). The first-order valence-electron chi connectivity index (χ1n) is 6.78. The van der Waals surface area contributed by atoms with E-state index in [9.17, 15) is 9.59 Å². The van der Waals surface area contributed by atoms with Crippen LogP contribution in [0.1, 0.15) is 6.92 Å². The van der Waals surface area contributed by atoms with E-state index in [-0.39, 0.29) is 17.2 Å². The quantitative estimate of drug-likeness (QED) is 0.887. The second-order valence-electron chi connectivity index (χ2n) is 5.04. The van der Waals surface area contributed by atoms with E-state index in [0.717, 1.165) is 10.8 Å². The zero-order chi connectivity index (χ0) is 15.0. The van der Waals surface area contributed by atoms with Crippen LogP contribution in [-0.4, -0.2) is 29.5 Å². The Morgan fingerprint density at radius 1 is 1.14 bits per heavy atom. The zero-order valence-corrected chi connectivity index (χ0v) is 12.7. The third kappa shape index (κ3) is 2.27. The van der Waals surface area contributed by atoms with Crippen molar-refractivity contribution in [1.29, 1.82) is 0 Å². The van der Waals surface area contributed by atoms with E-state index in [4.69, 9.17) is 0 Å². The number of nitrogens with one attached hydrogen (secondary N) is 1. The summed E-state index contributed by atoms with van der Waals surface area (Å²) >= 11 is 1.57. The minimum Gasteiger partial charge on any atom is -0.324 e. The molecule has 2 aromatic carbocycles. The van der Waals surface area contributed by atoms with Crippen LogP contribution in [0.5, 0.6) is 0 Å². The maximum Gasteiger partial charge on any atom is 0.329 e. The van der Waals surface area contributed by atoms with Gasteiger partial charge >= 0.3 is 6.03 Å². The maximum absolute atomic E-state index is 12.6. The van der Waals surface area contributed by atoms with Crippen molar-refractivity contribution in [2.75, 3.05) is 11.2 Å². The van der Waals surface area contributed by atoms with E-state index in [1.807, 2.05) is 55.6 Å². The summed E-state index contributed by atoms with van der Waals surface area (Å²) in [7, 11) is 0. The molecule has 0 aromatic heterocycles. The first kappa shape index (κ1) is 13.9. The lowest BCUT2D eigenvalue weighted by Crippen LogP contribution is -2.37. The number of nitrogens with zero attached hydrogens (tertiary/aromatic N) is 1. The summed E-state index contributed by atoms with van der Waals surface area (Å²) in [6.45, 7) is 1.94. The second kappa shape index (κ2) is 5.41. The number of carbonyl (C=O) groups excluding carboxylic acids is 2. The minimum atomic E-state index is -0.466. The normalized spacial score (nSPS) is 19.9. The Labute approximate surface area is 127 Å². The summed E-state index contributed by atoms with van der Waals surface area (Å²) in [5, 5.41) is 4.74. The lowest BCUT2D eigenvalue weighted by atomic mass is 10.1. The number of hydrogen-bond acceptors (Lipinski definition) is 3. The highest BCUT2D eigenvalue weighted by Crippen LogP contribution is 2.30. The van der Waals surface area contributed by atoms with Gasteiger partial charge in [-0.3, -0.25) is 4.79 Å². The summed E-state index contributed by atoms with van der Waals surface area (Å²) in [6.07, 6.45) is 1.94. The third-order valence-corrected chi connectivity index (χ3v) is 4.83. The van der Waals surface area contributed by atoms with E-state index in [1.54, 1.807) is 11.8 Å². The SMILES string of the molecule is CSC(C)C1NC(=O)N(c2cccc3ccccc23)C1=O. The van der Waals surface area contributed by atoms with Gasteiger partial charge in [-0.1, -0.05) is 43.3 Å². The molecule has 0 aliphatic carbocycles. The molecule has 4 nitrogen and oxygen atoms in total. The molecule has 3 amide bonds. The molecule has 1 heterocycles. The molecule has 1 saturated heterocycles. The van der Waals surface area contributed by atoms with Gasteiger partial charge in [-0.2, -0.15) is 11.8 Å². The first-order valence-corrected chi connectivity index (χ1v) is 8.07. The largest absolute Gasteiger partial charge is 0.329 e. The van der Waals surface area contributed by atoms with Crippen LogP contribution in [0, 0.1) is 0 Å². The standard InChI is InChI=1S/C16H16N2O2S/c1-10(21-2)14-15(19)18(16(20)17-14)13-9-5-7-11-6-3-4-8-12(11)13/h3-10,14H,1-2H3,(H,17,20). The molecule has 108 valence electrons. The molecule has 1 aliphatic heterocycles.